The summed E-state index contributed by atoms with van der Waals surface area (Å²) in [6.45, 7) is 8.16. The van der Waals surface area contributed by atoms with Gasteiger partial charge in [0, 0.05) is 13.1 Å². The minimum Gasteiger partial charge on any atom is -0.494 e. The molecule has 0 heterocycles. The number of aryl methyl sites for hydroxylation is 1. The summed E-state index contributed by atoms with van der Waals surface area (Å²) in [6.07, 6.45) is 1.45. The molecular formula is C25H35N3O5S. The lowest BCUT2D eigenvalue weighted by atomic mass is 10.1. The second-order valence-electron chi connectivity index (χ2n) is 8.02. The molecule has 0 spiro atoms. The average molecular weight is 490 g/mol. The van der Waals surface area contributed by atoms with Crippen molar-refractivity contribution < 1.29 is 22.7 Å². The van der Waals surface area contributed by atoms with Crippen molar-refractivity contribution in [2.45, 2.75) is 46.7 Å². The molecule has 0 aliphatic rings. The maximum atomic E-state index is 13.5. The number of hydrogen-bond acceptors (Lipinski definition) is 5. The Kier molecular flexibility index (Phi) is 9.92. The van der Waals surface area contributed by atoms with Crippen LogP contribution in [0.3, 0.4) is 0 Å². The number of carbonyl (C=O) groups is 2. The first-order valence-corrected chi connectivity index (χ1v) is 13.3. The molecule has 0 aromatic heterocycles. The first-order chi connectivity index (χ1) is 16.1. The maximum absolute atomic E-state index is 13.5. The highest BCUT2D eigenvalue weighted by atomic mass is 32.2. The van der Waals surface area contributed by atoms with Gasteiger partial charge in [-0.15, -0.1) is 0 Å². The monoisotopic (exact) mass is 489 g/mol. The molecular weight excluding hydrogens is 454 g/mol. The lowest BCUT2D eigenvalue weighted by Gasteiger charge is -2.32. The lowest BCUT2D eigenvalue weighted by molar-refractivity contribution is -0.140. The number of ether oxygens (including phenoxy) is 1. The van der Waals surface area contributed by atoms with Crippen LogP contribution in [0.2, 0.25) is 0 Å². The fourth-order valence-corrected chi connectivity index (χ4v) is 4.44. The van der Waals surface area contributed by atoms with Gasteiger partial charge >= 0.3 is 0 Å². The fraction of sp³-hybridized carbons (Fsp3) is 0.440. The van der Waals surface area contributed by atoms with E-state index in [1.54, 1.807) is 24.3 Å². The molecule has 2 aromatic carbocycles. The molecule has 9 heteroatoms. The topological polar surface area (TPSA) is 96.0 Å². The number of amides is 2. The number of nitrogens with zero attached hydrogens (tertiary/aromatic N) is 2. The Morgan fingerprint density at radius 3 is 2.12 bits per heavy atom. The fourth-order valence-electron chi connectivity index (χ4n) is 3.59. The Labute approximate surface area is 202 Å². The molecule has 1 N–H and O–H groups in total. The zero-order valence-corrected chi connectivity index (χ0v) is 21.4. The van der Waals surface area contributed by atoms with E-state index in [2.05, 4.69) is 5.32 Å². The van der Waals surface area contributed by atoms with Crippen LogP contribution in [-0.2, 0) is 26.2 Å². The summed E-state index contributed by atoms with van der Waals surface area (Å²) in [5, 5.41) is 2.78. The predicted molar refractivity (Wildman–Crippen MR) is 134 cm³/mol. The highest BCUT2D eigenvalue weighted by Gasteiger charge is 2.31. The van der Waals surface area contributed by atoms with Crippen LogP contribution in [-0.4, -0.2) is 57.1 Å². The Hall–Kier alpha value is -3.07. The number of carbonyl (C=O) groups excluding carboxylic acids is 2. The second kappa shape index (κ2) is 12.4. The number of likely N-dealkylation sites (N-methyl/N-ethyl adjacent to an activating group) is 1. The SMILES string of the molecule is CCNC(=O)[C@H](CC)N(Cc1ccc(C)cc1)C(=O)CN(c1ccc(OCC)cc1)S(C)(=O)=O. The molecule has 2 amide bonds. The summed E-state index contributed by atoms with van der Waals surface area (Å²) >= 11 is 0. The van der Waals surface area contributed by atoms with Gasteiger partial charge in [0.1, 0.15) is 18.3 Å². The van der Waals surface area contributed by atoms with E-state index in [-0.39, 0.29) is 12.5 Å². The molecule has 0 aliphatic carbocycles. The standard InChI is InChI=1S/C25H35N3O5S/c1-6-23(25(30)26-7-2)27(17-20-11-9-19(4)10-12-20)24(29)18-28(34(5,31)32)21-13-15-22(16-14-21)33-8-3/h9-16,23H,6-8,17-18H2,1-5H3,(H,26,30)/t23-/m0/s1. The number of nitrogens with one attached hydrogen (secondary N) is 1. The molecule has 8 nitrogen and oxygen atoms in total. The predicted octanol–water partition coefficient (Wildman–Crippen LogP) is 3.10. The minimum absolute atomic E-state index is 0.190. The third-order valence-electron chi connectivity index (χ3n) is 5.33. The second-order valence-corrected chi connectivity index (χ2v) is 9.93. The quantitative estimate of drug-likeness (QED) is 0.494. The molecule has 0 saturated heterocycles. The van der Waals surface area contributed by atoms with Crippen LogP contribution >= 0.6 is 0 Å². The zero-order valence-electron chi connectivity index (χ0n) is 20.6. The normalized spacial score (nSPS) is 12.0. The summed E-state index contributed by atoms with van der Waals surface area (Å²) < 4.78 is 31.7. The lowest BCUT2D eigenvalue weighted by Crippen LogP contribution is -2.52. The highest BCUT2D eigenvalue weighted by molar-refractivity contribution is 7.92. The third-order valence-corrected chi connectivity index (χ3v) is 6.47. The first-order valence-electron chi connectivity index (χ1n) is 11.4. The van der Waals surface area contributed by atoms with E-state index in [1.165, 1.54) is 4.90 Å². The van der Waals surface area contributed by atoms with Crippen molar-refractivity contribution in [2.24, 2.45) is 0 Å². The Morgan fingerprint density at radius 2 is 1.62 bits per heavy atom. The molecule has 0 aliphatic heterocycles. The van der Waals surface area contributed by atoms with Crippen molar-refractivity contribution in [2.75, 3.05) is 30.3 Å². The van der Waals surface area contributed by atoms with Crippen molar-refractivity contribution in [3.8, 4) is 5.75 Å². The zero-order chi connectivity index (χ0) is 25.3. The van der Waals surface area contributed by atoms with E-state index >= 15 is 0 Å². The van der Waals surface area contributed by atoms with Crippen molar-refractivity contribution in [3.05, 3.63) is 59.7 Å². The van der Waals surface area contributed by atoms with Crippen molar-refractivity contribution in [1.82, 2.24) is 10.2 Å². The van der Waals surface area contributed by atoms with Gasteiger partial charge in [0.2, 0.25) is 21.8 Å². The van der Waals surface area contributed by atoms with Crippen molar-refractivity contribution >= 4 is 27.5 Å². The van der Waals surface area contributed by atoms with E-state index in [9.17, 15) is 18.0 Å². The number of sulfonamides is 1. The van der Waals surface area contributed by atoms with E-state index in [1.807, 2.05) is 52.0 Å². The Bertz CT molecular complexity index is 1050. The highest BCUT2D eigenvalue weighted by Crippen LogP contribution is 2.23. The van der Waals surface area contributed by atoms with Gasteiger partial charge in [0.05, 0.1) is 18.6 Å². The smallest absolute Gasteiger partial charge is 0.244 e. The number of anilines is 1. The van der Waals surface area contributed by atoms with Crippen molar-refractivity contribution in [1.29, 1.82) is 0 Å². The minimum atomic E-state index is -3.77. The van der Waals surface area contributed by atoms with Crippen LogP contribution in [0.1, 0.15) is 38.3 Å². The molecule has 0 unspecified atom stereocenters. The molecule has 0 radical (unpaired) electrons. The van der Waals surface area contributed by atoms with E-state index in [0.29, 0.717) is 31.0 Å². The summed E-state index contributed by atoms with van der Waals surface area (Å²) in [5.41, 5.74) is 2.28. The average Bonchev–Trinajstić information content (AvgIpc) is 2.79. The molecule has 186 valence electrons. The van der Waals surface area contributed by atoms with Crippen LogP contribution in [0.5, 0.6) is 5.75 Å². The van der Waals surface area contributed by atoms with E-state index in [4.69, 9.17) is 4.74 Å². The van der Waals surface area contributed by atoms with Gasteiger partial charge in [0.25, 0.3) is 0 Å². The summed E-state index contributed by atoms with van der Waals surface area (Å²) in [4.78, 5) is 27.8. The van der Waals surface area contributed by atoms with E-state index in [0.717, 1.165) is 21.7 Å². The Balaban J connectivity index is 2.39. The largest absolute Gasteiger partial charge is 0.494 e. The number of rotatable bonds is 12. The molecule has 1 atom stereocenters. The van der Waals surface area contributed by atoms with Crippen LogP contribution in [0.15, 0.2) is 48.5 Å². The molecule has 2 rings (SSSR count). The van der Waals surface area contributed by atoms with Crippen LogP contribution in [0, 0.1) is 6.92 Å². The van der Waals surface area contributed by atoms with Crippen LogP contribution in [0.4, 0.5) is 5.69 Å². The van der Waals surface area contributed by atoms with Gasteiger partial charge in [-0.3, -0.25) is 13.9 Å². The molecule has 0 fully saturated rings. The summed E-state index contributed by atoms with van der Waals surface area (Å²) in [7, 11) is -3.77. The maximum Gasteiger partial charge on any atom is 0.244 e. The third kappa shape index (κ3) is 7.48. The van der Waals surface area contributed by atoms with Gasteiger partial charge in [-0.2, -0.15) is 0 Å². The van der Waals surface area contributed by atoms with Gasteiger partial charge in [-0.25, -0.2) is 8.42 Å². The van der Waals surface area contributed by atoms with Gasteiger partial charge in [-0.1, -0.05) is 36.8 Å². The van der Waals surface area contributed by atoms with Gasteiger partial charge in [-0.05, 0) is 57.0 Å². The molecule has 2 aromatic rings. The van der Waals surface area contributed by atoms with Gasteiger partial charge in [0.15, 0.2) is 0 Å². The van der Waals surface area contributed by atoms with E-state index < -0.39 is 28.5 Å². The first kappa shape index (κ1) is 27.2. The van der Waals surface area contributed by atoms with Crippen LogP contribution < -0.4 is 14.4 Å². The molecule has 0 bridgehead atoms. The summed E-state index contributed by atoms with van der Waals surface area (Å²) in [6, 6.07) is 13.5. The molecule has 0 saturated carbocycles. The summed E-state index contributed by atoms with van der Waals surface area (Å²) in [5.74, 6) is -0.121. The van der Waals surface area contributed by atoms with Crippen LogP contribution in [0.25, 0.3) is 0 Å². The van der Waals surface area contributed by atoms with Gasteiger partial charge < -0.3 is 15.0 Å². The molecule has 34 heavy (non-hydrogen) atoms. The Morgan fingerprint density at radius 1 is 1.00 bits per heavy atom. The number of hydrogen-bond donors (Lipinski definition) is 1. The van der Waals surface area contributed by atoms with Crippen molar-refractivity contribution in [3.63, 3.8) is 0 Å². The number of benzene rings is 2.